The number of amides is 6. The van der Waals surface area contributed by atoms with E-state index < -0.39 is 12.1 Å². The van der Waals surface area contributed by atoms with E-state index >= 15 is 0 Å². The second-order valence-corrected chi connectivity index (χ2v) is 17.9. The molecule has 0 radical (unpaired) electrons. The topological polar surface area (TPSA) is 163 Å². The first kappa shape index (κ1) is 42.6. The summed E-state index contributed by atoms with van der Waals surface area (Å²) < 4.78 is 0. The zero-order valence-corrected chi connectivity index (χ0v) is 36.5. The van der Waals surface area contributed by atoms with Crippen LogP contribution in [0.1, 0.15) is 114 Å². The molecule has 4 aromatic rings. The van der Waals surface area contributed by atoms with Gasteiger partial charge >= 0.3 is 12.1 Å². The van der Waals surface area contributed by atoms with Crippen LogP contribution in [0.4, 0.5) is 9.59 Å². The quantitative estimate of drug-likeness (QED) is 0.128. The fourth-order valence-corrected chi connectivity index (χ4v) is 9.22. The number of urea groups is 2. The number of likely N-dealkylation sites (tertiary alicyclic amines) is 4. The lowest BCUT2D eigenvalue weighted by atomic mass is 10.0. The van der Waals surface area contributed by atoms with Gasteiger partial charge in [0.25, 0.3) is 0 Å². The summed E-state index contributed by atoms with van der Waals surface area (Å²) in [4.78, 5) is 77.3. The molecule has 2 aromatic carbocycles. The van der Waals surface area contributed by atoms with Crippen LogP contribution in [0.3, 0.4) is 0 Å². The van der Waals surface area contributed by atoms with Gasteiger partial charge in [0.1, 0.15) is 23.7 Å². The van der Waals surface area contributed by atoms with Gasteiger partial charge in [-0.15, -0.1) is 0 Å². The largest absolute Gasteiger partial charge is 0.340 e. The van der Waals surface area contributed by atoms with Crippen molar-refractivity contribution in [3.8, 4) is 34.4 Å². The van der Waals surface area contributed by atoms with Gasteiger partial charge in [0.15, 0.2) is 0 Å². The van der Waals surface area contributed by atoms with E-state index in [2.05, 4.69) is 32.4 Å². The first-order chi connectivity index (χ1) is 30.0. The fraction of sp³-hybridized carbons (Fsp3) is 0.500. The molecule has 4 aliphatic rings. The van der Waals surface area contributed by atoms with Crippen LogP contribution in [0.5, 0.6) is 0 Å². The van der Waals surface area contributed by atoms with Gasteiger partial charge in [0.05, 0.1) is 35.9 Å². The Morgan fingerprint density at radius 1 is 0.565 bits per heavy atom. The van der Waals surface area contributed by atoms with Crippen LogP contribution in [0.2, 0.25) is 0 Å². The Hall–Kier alpha value is -6.10. The van der Waals surface area contributed by atoms with Crippen molar-refractivity contribution in [2.45, 2.75) is 103 Å². The van der Waals surface area contributed by atoms with E-state index in [-0.39, 0.29) is 47.8 Å². The second kappa shape index (κ2) is 18.9. The molecule has 4 saturated heterocycles. The number of carbonyl (C=O) groups excluding carboxylic acids is 4. The Morgan fingerprint density at radius 2 is 0.935 bits per heavy atom. The number of hydrogen-bond donors (Lipinski definition) is 4. The lowest BCUT2D eigenvalue weighted by molar-refractivity contribution is -0.136. The van der Waals surface area contributed by atoms with Gasteiger partial charge in [0, 0.05) is 50.4 Å². The maximum Gasteiger partial charge on any atom is 0.318 e. The number of aromatic amines is 2. The van der Waals surface area contributed by atoms with Crippen LogP contribution in [-0.4, -0.2) is 115 Å². The molecule has 6 heterocycles. The third-order valence-corrected chi connectivity index (χ3v) is 12.8. The number of carbonyl (C=O) groups is 4. The summed E-state index contributed by atoms with van der Waals surface area (Å²) in [7, 11) is 0. The standard InChI is InChI=1S/C48H60N10O4/c1-31(2)41(53-47(61)55-23-5-6-24-55)45(59)57-27-9-11-39(57)43-49-29-37(51-43)35-19-15-33(16-20-35)13-14-34-17-21-36(22-18-34)38-30-50-44(52-38)40-12-10-28-58(40)46(60)42(32(3)4)54-48(62)56-25-7-8-26-56/h15-22,29-32,39-42H,5-12,23-28H2,1-4H3,(H,49,51)(H,50,52)(H,53,61)(H,54,62)/t39-,40-,41-,42-/m0/s1. The van der Waals surface area contributed by atoms with E-state index in [1.807, 2.05) is 98.4 Å². The maximum absolute atomic E-state index is 13.9. The van der Waals surface area contributed by atoms with Crippen molar-refractivity contribution < 1.29 is 19.2 Å². The lowest BCUT2D eigenvalue weighted by Crippen LogP contribution is -2.54. The molecular formula is C48H60N10O4. The molecule has 0 saturated carbocycles. The molecule has 4 N–H and O–H groups in total. The number of aromatic nitrogens is 4. The van der Waals surface area contributed by atoms with Crippen LogP contribution in [0, 0.1) is 23.7 Å². The first-order valence-corrected chi connectivity index (χ1v) is 22.6. The van der Waals surface area contributed by atoms with Crippen LogP contribution in [0.25, 0.3) is 22.5 Å². The SMILES string of the molecule is CC(C)[C@H](NC(=O)N1CCCC1)C(=O)N1CCC[C@H]1c1ncc(-c2ccc(C#Cc3ccc(-c4cnc([C@@H]5CCCN5C(=O)[C@@H](NC(=O)N5CCCC5)C(C)C)[nH]4)cc3)cc2)[nH]1. The van der Waals surface area contributed by atoms with Gasteiger partial charge in [-0.2, -0.15) is 0 Å². The third kappa shape index (κ3) is 9.37. The summed E-state index contributed by atoms with van der Waals surface area (Å²) in [6.45, 7) is 12.1. The van der Waals surface area contributed by atoms with Gasteiger partial charge in [-0.3, -0.25) is 9.59 Å². The van der Waals surface area contributed by atoms with E-state index in [1.165, 1.54) is 0 Å². The molecule has 62 heavy (non-hydrogen) atoms. The molecule has 14 nitrogen and oxygen atoms in total. The maximum atomic E-state index is 13.9. The minimum atomic E-state index is -0.590. The Balaban J connectivity index is 0.871. The van der Waals surface area contributed by atoms with Crippen molar-refractivity contribution in [1.82, 2.24) is 50.2 Å². The highest BCUT2D eigenvalue weighted by molar-refractivity contribution is 5.88. The molecule has 0 unspecified atom stereocenters. The minimum absolute atomic E-state index is 0.0420. The molecule has 0 bridgehead atoms. The van der Waals surface area contributed by atoms with E-state index in [0.29, 0.717) is 13.1 Å². The Labute approximate surface area is 364 Å². The number of imidazole rings is 2. The monoisotopic (exact) mass is 840 g/mol. The summed E-state index contributed by atoms with van der Waals surface area (Å²) in [6.07, 6.45) is 11.0. The van der Waals surface area contributed by atoms with Crippen molar-refractivity contribution in [2.75, 3.05) is 39.3 Å². The van der Waals surface area contributed by atoms with E-state index in [9.17, 15) is 19.2 Å². The number of nitrogens with one attached hydrogen (secondary N) is 4. The van der Waals surface area contributed by atoms with Gasteiger partial charge in [-0.25, -0.2) is 19.6 Å². The highest BCUT2D eigenvalue weighted by Crippen LogP contribution is 2.34. The normalized spacial score (nSPS) is 19.8. The van der Waals surface area contributed by atoms with Crippen LogP contribution >= 0.6 is 0 Å². The number of rotatable bonds is 10. The predicted octanol–water partition coefficient (Wildman–Crippen LogP) is 6.85. The van der Waals surface area contributed by atoms with Crippen molar-refractivity contribution in [2.24, 2.45) is 11.8 Å². The van der Waals surface area contributed by atoms with Gasteiger partial charge in [-0.05, 0) is 98.6 Å². The van der Waals surface area contributed by atoms with E-state index in [4.69, 9.17) is 9.97 Å². The molecule has 6 amide bonds. The molecule has 14 heteroatoms. The Kier molecular flexibility index (Phi) is 13.0. The Morgan fingerprint density at radius 3 is 1.29 bits per heavy atom. The summed E-state index contributed by atoms with van der Waals surface area (Å²) in [6, 6.07) is 14.2. The predicted molar refractivity (Wildman–Crippen MR) is 237 cm³/mol. The first-order valence-electron chi connectivity index (χ1n) is 22.6. The van der Waals surface area contributed by atoms with Crippen molar-refractivity contribution in [3.05, 3.63) is 83.7 Å². The Bertz CT molecular complexity index is 2120. The summed E-state index contributed by atoms with van der Waals surface area (Å²) in [5.41, 5.74) is 5.44. The smallest absolute Gasteiger partial charge is 0.318 e. The number of benzene rings is 2. The molecule has 4 atom stereocenters. The third-order valence-electron chi connectivity index (χ3n) is 12.8. The van der Waals surface area contributed by atoms with Crippen molar-refractivity contribution >= 4 is 23.9 Å². The number of hydrogen-bond acceptors (Lipinski definition) is 6. The minimum Gasteiger partial charge on any atom is -0.340 e. The molecule has 4 fully saturated rings. The van der Waals surface area contributed by atoms with E-state index in [1.54, 1.807) is 9.80 Å². The zero-order valence-electron chi connectivity index (χ0n) is 36.5. The van der Waals surface area contributed by atoms with E-state index in [0.717, 1.165) is 123 Å². The van der Waals surface area contributed by atoms with Crippen LogP contribution in [-0.2, 0) is 9.59 Å². The van der Waals surface area contributed by atoms with Crippen molar-refractivity contribution in [3.63, 3.8) is 0 Å². The summed E-state index contributed by atoms with van der Waals surface area (Å²) in [5.74, 6) is 7.87. The molecular weight excluding hydrogens is 781 g/mol. The van der Waals surface area contributed by atoms with Crippen LogP contribution < -0.4 is 10.6 Å². The fourth-order valence-electron chi connectivity index (χ4n) is 9.22. The molecule has 0 spiro atoms. The highest BCUT2D eigenvalue weighted by atomic mass is 16.2. The lowest BCUT2D eigenvalue weighted by Gasteiger charge is -2.31. The molecule has 8 rings (SSSR count). The summed E-state index contributed by atoms with van der Waals surface area (Å²) >= 11 is 0. The average molecular weight is 841 g/mol. The van der Waals surface area contributed by atoms with Gasteiger partial charge in [-0.1, -0.05) is 63.8 Å². The van der Waals surface area contributed by atoms with Crippen molar-refractivity contribution in [1.29, 1.82) is 0 Å². The summed E-state index contributed by atoms with van der Waals surface area (Å²) in [5, 5.41) is 6.06. The zero-order chi connectivity index (χ0) is 43.3. The molecule has 4 aliphatic heterocycles. The molecule has 0 aliphatic carbocycles. The average Bonchev–Trinajstić information content (AvgIpc) is 4.13. The van der Waals surface area contributed by atoms with Gasteiger partial charge < -0.3 is 40.2 Å². The highest BCUT2D eigenvalue weighted by Gasteiger charge is 2.39. The number of H-pyrrole nitrogens is 2. The number of nitrogens with zero attached hydrogens (tertiary/aromatic N) is 6. The second-order valence-electron chi connectivity index (χ2n) is 17.9. The molecule has 2 aromatic heterocycles. The van der Waals surface area contributed by atoms with Gasteiger partial charge in [0.2, 0.25) is 11.8 Å². The van der Waals surface area contributed by atoms with Crippen LogP contribution in [0.15, 0.2) is 60.9 Å². The molecule has 326 valence electrons.